The number of rotatable bonds is 6. The number of thioether (sulfide) groups is 1. The first-order valence-corrected chi connectivity index (χ1v) is 9.26. The van der Waals surface area contributed by atoms with Crippen molar-refractivity contribution in [2.75, 3.05) is 12.9 Å². The summed E-state index contributed by atoms with van der Waals surface area (Å²) in [6.45, 7) is 0. The topological polar surface area (TPSA) is 135 Å². The molecule has 0 radical (unpaired) electrons. The molecule has 1 aliphatic rings. The van der Waals surface area contributed by atoms with Crippen LogP contribution in [0.5, 0.6) is 11.5 Å². The molecule has 0 aliphatic carbocycles. The van der Waals surface area contributed by atoms with E-state index >= 15 is 0 Å². The van der Waals surface area contributed by atoms with E-state index in [-0.39, 0.29) is 22.4 Å². The van der Waals surface area contributed by atoms with Gasteiger partial charge in [-0.1, -0.05) is 11.8 Å². The van der Waals surface area contributed by atoms with Crippen LogP contribution in [0.3, 0.4) is 0 Å². The number of nitro benzene ring substituents is 1. The maximum atomic E-state index is 12.3. The quantitative estimate of drug-likeness (QED) is 0.313. The lowest BCUT2D eigenvalue weighted by atomic mass is 10.1. The molecule has 0 amide bonds. The van der Waals surface area contributed by atoms with E-state index in [0.717, 1.165) is 5.56 Å². The molecule has 0 unspecified atom stereocenters. The van der Waals surface area contributed by atoms with Crippen LogP contribution in [0.25, 0.3) is 0 Å². The number of aliphatic carboxylic acids is 1. The van der Waals surface area contributed by atoms with E-state index in [1.54, 1.807) is 23.5 Å². The Hall–Kier alpha value is -3.11. The Morgan fingerprint density at radius 2 is 1.89 bits per heavy atom. The van der Waals surface area contributed by atoms with Gasteiger partial charge in [-0.15, -0.1) is 0 Å². The third-order valence-corrected chi connectivity index (χ3v) is 5.54. The van der Waals surface area contributed by atoms with Gasteiger partial charge in [-0.2, -0.15) is 0 Å². The molecule has 1 heterocycles. The summed E-state index contributed by atoms with van der Waals surface area (Å²) in [6, 6.07) is 9.43. The number of nitrogens with zero attached hydrogens (tertiary/aromatic N) is 1. The van der Waals surface area contributed by atoms with Crippen molar-refractivity contribution in [1.82, 2.24) is 0 Å². The monoisotopic (exact) mass is 404 g/mol. The van der Waals surface area contributed by atoms with Crippen molar-refractivity contribution >= 4 is 29.4 Å². The van der Waals surface area contributed by atoms with Crippen molar-refractivity contribution in [2.45, 2.75) is 11.4 Å². The first kappa shape index (κ1) is 19.6. The smallest absolute Gasteiger partial charge is 0.343 e. The molecule has 10 heteroatoms. The second-order valence-corrected chi connectivity index (χ2v) is 7.15. The third kappa shape index (κ3) is 4.24. The molecule has 0 spiro atoms. The summed E-state index contributed by atoms with van der Waals surface area (Å²) in [4.78, 5) is 33.4. The van der Waals surface area contributed by atoms with Gasteiger partial charge >= 0.3 is 5.97 Å². The Balaban J connectivity index is 1.74. The van der Waals surface area contributed by atoms with Gasteiger partial charge in [0, 0.05) is 17.7 Å². The van der Waals surface area contributed by atoms with Gasteiger partial charge in [0.05, 0.1) is 23.3 Å². The van der Waals surface area contributed by atoms with E-state index in [1.165, 1.54) is 43.1 Å². The number of carbonyl (C=O) groups excluding carboxylic acids is 2. The predicted molar refractivity (Wildman–Crippen MR) is 97.0 cm³/mol. The number of methoxy groups -OCH3 is 1. The highest BCUT2D eigenvalue weighted by Gasteiger charge is 2.31. The summed E-state index contributed by atoms with van der Waals surface area (Å²) in [5, 5.41) is 23.3. The van der Waals surface area contributed by atoms with E-state index in [4.69, 9.17) is 9.47 Å². The van der Waals surface area contributed by atoms with Crippen LogP contribution in [0.4, 0.5) is 5.69 Å². The summed E-state index contributed by atoms with van der Waals surface area (Å²) in [5.74, 6) is -0.838. The molecule has 28 heavy (non-hydrogen) atoms. The molecule has 2 atom stereocenters. The van der Waals surface area contributed by atoms with Crippen molar-refractivity contribution in [3.63, 3.8) is 0 Å². The fraction of sp³-hybridized carbons (Fsp3) is 0.222. The number of carbonyl (C=O) groups is 2. The highest BCUT2D eigenvalue weighted by atomic mass is 32.2. The molecule has 2 N–H and O–H groups in total. The van der Waals surface area contributed by atoms with Gasteiger partial charge < -0.3 is 24.7 Å². The highest BCUT2D eigenvalue weighted by molar-refractivity contribution is 7.99. The average molecular weight is 404 g/mol. The summed E-state index contributed by atoms with van der Waals surface area (Å²) < 4.78 is 10.6. The summed E-state index contributed by atoms with van der Waals surface area (Å²) >= 11 is 1.48. The lowest BCUT2D eigenvalue weighted by molar-refractivity contribution is -0.690. The lowest BCUT2D eigenvalue weighted by Gasteiger charge is -2.14. The van der Waals surface area contributed by atoms with Crippen LogP contribution < -0.4 is 19.9 Å². The molecule has 0 aromatic heterocycles. The molecule has 0 saturated carbocycles. The first-order valence-electron chi connectivity index (χ1n) is 8.21. The van der Waals surface area contributed by atoms with E-state index in [9.17, 15) is 24.8 Å². The molecule has 146 valence electrons. The molecule has 3 rings (SSSR count). The molecule has 1 saturated heterocycles. The molecule has 1 fully saturated rings. The number of hydrogen-bond donors (Lipinski definition) is 1. The van der Waals surface area contributed by atoms with Crippen molar-refractivity contribution in [3.05, 3.63) is 63.7 Å². The van der Waals surface area contributed by atoms with Gasteiger partial charge in [-0.25, -0.2) is 4.79 Å². The standard InChI is InChI=1S/C18H16N2O7S/c1-26-15-8-11(16-19-13(9-28-16)17(21)22)4-7-14(15)27-18(23)10-2-5-12(6-3-10)20(24)25/h2-8,13,16,19H,9H2,1H3,(H,21,22)/t13-,16-/m1/s1. The van der Waals surface area contributed by atoms with Crippen LogP contribution in [0.2, 0.25) is 0 Å². The molecular formula is C18H16N2O7S. The number of carboxylic acids is 1. The second kappa shape index (κ2) is 8.28. The zero-order valence-electron chi connectivity index (χ0n) is 14.7. The number of nitro groups is 1. The molecule has 2 aromatic rings. The summed E-state index contributed by atoms with van der Waals surface area (Å²) in [7, 11) is 1.43. The summed E-state index contributed by atoms with van der Waals surface area (Å²) in [6.07, 6.45) is 0. The van der Waals surface area contributed by atoms with Crippen molar-refractivity contribution in [3.8, 4) is 11.5 Å². The minimum Gasteiger partial charge on any atom is -0.544 e. The van der Waals surface area contributed by atoms with Crippen molar-refractivity contribution in [2.24, 2.45) is 0 Å². The number of benzene rings is 2. The van der Waals surface area contributed by atoms with E-state index in [1.807, 2.05) is 0 Å². The minimum absolute atomic E-state index is 0.126. The average Bonchev–Trinajstić information content (AvgIpc) is 3.19. The van der Waals surface area contributed by atoms with Gasteiger partial charge in [0.2, 0.25) is 0 Å². The fourth-order valence-corrected chi connectivity index (χ4v) is 4.01. The Kier molecular flexibility index (Phi) is 5.81. The highest BCUT2D eigenvalue weighted by Crippen LogP contribution is 2.34. The molecule has 1 aliphatic heterocycles. The zero-order valence-corrected chi connectivity index (χ0v) is 15.5. The van der Waals surface area contributed by atoms with Gasteiger partial charge in [0.25, 0.3) is 5.69 Å². The number of non-ortho nitro benzene ring substituents is 1. The van der Waals surface area contributed by atoms with Gasteiger partial charge in [-0.05, 0) is 30.3 Å². The van der Waals surface area contributed by atoms with Crippen molar-refractivity contribution < 1.29 is 34.4 Å². The minimum atomic E-state index is -1.10. The first-order chi connectivity index (χ1) is 13.4. The Morgan fingerprint density at radius 1 is 1.18 bits per heavy atom. The second-order valence-electron chi connectivity index (χ2n) is 5.98. The van der Waals surface area contributed by atoms with Crippen LogP contribution >= 0.6 is 11.8 Å². The Morgan fingerprint density at radius 3 is 2.46 bits per heavy atom. The van der Waals surface area contributed by atoms with Crippen LogP contribution in [-0.4, -0.2) is 35.8 Å². The normalized spacial score (nSPS) is 18.5. The Bertz CT molecular complexity index is 917. The van der Waals surface area contributed by atoms with Gasteiger partial charge in [0.15, 0.2) is 16.9 Å². The fourth-order valence-electron chi connectivity index (χ4n) is 2.71. The van der Waals surface area contributed by atoms with Crippen LogP contribution in [-0.2, 0) is 4.79 Å². The molecule has 0 bridgehead atoms. The third-order valence-electron chi connectivity index (χ3n) is 4.20. The van der Waals surface area contributed by atoms with E-state index in [2.05, 4.69) is 0 Å². The van der Waals surface area contributed by atoms with E-state index < -0.39 is 22.9 Å². The summed E-state index contributed by atoms with van der Waals surface area (Å²) in [5.41, 5.74) is 0.854. The number of nitrogens with two attached hydrogens (primary N) is 1. The maximum Gasteiger partial charge on any atom is 0.343 e. The maximum absolute atomic E-state index is 12.3. The predicted octanol–water partition coefficient (Wildman–Crippen LogP) is 0.250. The molecule has 2 aromatic carbocycles. The lowest BCUT2D eigenvalue weighted by Crippen LogP contribution is -2.90. The van der Waals surface area contributed by atoms with Crippen LogP contribution in [0.15, 0.2) is 42.5 Å². The van der Waals surface area contributed by atoms with Gasteiger partial charge in [-0.3, -0.25) is 10.1 Å². The Labute approximate surface area is 163 Å². The van der Waals surface area contributed by atoms with Crippen LogP contribution in [0, 0.1) is 10.1 Å². The van der Waals surface area contributed by atoms with Gasteiger partial charge in [0.1, 0.15) is 12.0 Å². The largest absolute Gasteiger partial charge is 0.544 e. The number of hydrogen-bond acceptors (Lipinski definition) is 8. The number of esters is 1. The number of ether oxygens (including phenoxy) is 2. The molecular weight excluding hydrogens is 388 g/mol. The van der Waals surface area contributed by atoms with E-state index in [0.29, 0.717) is 11.5 Å². The molecule has 9 nitrogen and oxygen atoms in total. The van der Waals surface area contributed by atoms with Crippen LogP contribution in [0.1, 0.15) is 21.3 Å². The number of quaternary nitrogens is 1. The number of carboxylic acid groups (broad SMARTS) is 1. The zero-order chi connectivity index (χ0) is 20.3. The SMILES string of the molecule is COc1cc([C@@H]2[NH2+][C@@H](C(=O)[O-])CS2)ccc1OC(=O)c1ccc([N+](=O)[O-])cc1. The van der Waals surface area contributed by atoms with Crippen molar-refractivity contribution in [1.29, 1.82) is 0 Å².